The Hall–Kier alpha value is -1.94. The van der Waals surface area contributed by atoms with Crippen LogP contribution in [0.15, 0.2) is 0 Å². The van der Waals surface area contributed by atoms with Gasteiger partial charge >= 0.3 is 39.5 Å². The van der Waals surface area contributed by atoms with Crippen LogP contribution in [0.2, 0.25) is 0 Å². The van der Waals surface area contributed by atoms with E-state index in [0.29, 0.717) is 31.6 Å². The molecule has 0 radical (unpaired) electrons. The molecule has 0 aromatic rings. The molecule has 0 aliphatic carbocycles. The molecule has 588 valence electrons. The summed E-state index contributed by atoms with van der Waals surface area (Å²) in [5, 5.41) is 10.6. The van der Waals surface area contributed by atoms with Gasteiger partial charge in [0, 0.05) is 25.7 Å². The first kappa shape index (κ1) is 97.1. The van der Waals surface area contributed by atoms with E-state index >= 15 is 0 Å². The van der Waals surface area contributed by atoms with Gasteiger partial charge in [-0.1, -0.05) is 357 Å². The highest BCUT2D eigenvalue weighted by molar-refractivity contribution is 7.47. The van der Waals surface area contributed by atoms with Crippen molar-refractivity contribution in [1.82, 2.24) is 0 Å². The molecule has 0 aromatic carbocycles. The third-order valence-corrected chi connectivity index (χ3v) is 20.5. The predicted octanol–water partition coefficient (Wildman–Crippen LogP) is 23.6. The van der Waals surface area contributed by atoms with Crippen molar-refractivity contribution >= 4 is 39.5 Å². The Balaban J connectivity index is 5.25. The average Bonchev–Trinajstić information content (AvgIpc) is 1.37. The van der Waals surface area contributed by atoms with E-state index in [0.717, 1.165) is 114 Å². The Morgan fingerprint density at radius 3 is 0.626 bits per heavy atom. The van der Waals surface area contributed by atoms with Gasteiger partial charge in [0.2, 0.25) is 0 Å². The summed E-state index contributed by atoms with van der Waals surface area (Å²) in [6, 6.07) is 0. The van der Waals surface area contributed by atoms with Crippen LogP contribution in [0.1, 0.15) is 409 Å². The van der Waals surface area contributed by atoms with Gasteiger partial charge in [0.25, 0.3) is 0 Å². The Bertz CT molecular complexity index is 1940. The van der Waals surface area contributed by atoms with Crippen LogP contribution < -0.4 is 0 Å². The van der Waals surface area contributed by atoms with E-state index in [9.17, 15) is 43.2 Å². The van der Waals surface area contributed by atoms with Crippen molar-refractivity contribution in [3.05, 3.63) is 0 Å². The molecule has 3 unspecified atom stereocenters. The lowest BCUT2D eigenvalue weighted by atomic mass is 10.0. The maximum Gasteiger partial charge on any atom is 0.472 e. The van der Waals surface area contributed by atoms with Crippen molar-refractivity contribution in [3.63, 3.8) is 0 Å². The molecule has 5 atom stereocenters. The number of phosphoric ester groups is 2. The summed E-state index contributed by atoms with van der Waals surface area (Å²) < 4.78 is 68.7. The minimum atomic E-state index is -4.96. The van der Waals surface area contributed by atoms with Gasteiger partial charge < -0.3 is 33.8 Å². The molecule has 0 saturated carbocycles. The first-order valence-electron chi connectivity index (χ1n) is 41.2. The number of ether oxygens (including phenoxy) is 4. The van der Waals surface area contributed by atoms with E-state index < -0.39 is 97.5 Å². The summed E-state index contributed by atoms with van der Waals surface area (Å²) in [6.45, 7) is 14.2. The molecule has 0 aliphatic rings. The second-order valence-electron chi connectivity index (χ2n) is 30.7. The van der Waals surface area contributed by atoms with Crippen LogP contribution >= 0.6 is 15.6 Å². The largest absolute Gasteiger partial charge is 0.472 e. The van der Waals surface area contributed by atoms with Crippen LogP contribution in [0.3, 0.4) is 0 Å². The lowest BCUT2D eigenvalue weighted by Gasteiger charge is -2.21. The zero-order valence-electron chi connectivity index (χ0n) is 65.1. The van der Waals surface area contributed by atoms with Crippen molar-refractivity contribution in [2.45, 2.75) is 427 Å². The van der Waals surface area contributed by atoms with Crippen LogP contribution in [-0.2, 0) is 65.4 Å². The van der Waals surface area contributed by atoms with Gasteiger partial charge in [-0.05, 0) is 49.4 Å². The van der Waals surface area contributed by atoms with E-state index in [4.69, 9.17) is 37.0 Å². The molecule has 0 spiro atoms. The SMILES string of the molecule is CC(C)CCCCCCCCCCCCCCCCC(=O)O[C@H](COC(=O)CCCCCCCCCCCCCCC(C)C)COP(=O)(O)OCC(O)COP(=O)(O)OC[C@@H](COC(=O)CCCCCCCCCC(C)C)OC(=O)CCCCCCCCCCCCCCCCC(C)C. The lowest BCUT2D eigenvalue weighted by Crippen LogP contribution is -2.30. The third-order valence-electron chi connectivity index (χ3n) is 18.6. The third kappa shape index (κ3) is 74.1. The van der Waals surface area contributed by atoms with Gasteiger partial charge in [0.05, 0.1) is 26.4 Å². The zero-order valence-corrected chi connectivity index (χ0v) is 66.9. The summed E-state index contributed by atoms with van der Waals surface area (Å²) in [5.74, 6) is 0.962. The van der Waals surface area contributed by atoms with Crippen molar-refractivity contribution < 1.29 is 80.2 Å². The first-order valence-corrected chi connectivity index (χ1v) is 44.2. The van der Waals surface area contributed by atoms with Crippen LogP contribution in [0.5, 0.6) is 0 Å². The number of hydrogen-bond donors (Lipinski definition) is 3. The molecule has 17 nitrogen and oxygen atoms in total. The first-order chi connectivity index (χ1) is 47.6. The number of unbranched alkanes of at least 4 members (excludes halogenated alkanes) is 43. The number of aliphatic hydroxyl groups excluding tert-OH is 1. The fraction of sp³-hybridized carbons (Fsp3) is 0.950. The monoisotopic (exact) mass is 1450 g/mol. The normalized spacial score (nSPS) is 14.1. The predicted molar refractivity (Wildman–Crippen MR) is 404 cm³/mol. The van der Waals surface area contributed by atoms with Crippen LogP contribution in [0, 0.1) is 23.7 Å². The Morgan fingerprint density at radius 2 is 0.424 bits per heavy atom. The number of hydrogen-bond acceptors (Lipinski definition) is 15. The van der Waals surface area contributed by atoms with Gasteiger partial charge in [0.1, 0.15) is 19.3 Å². The molecule has 0 aromatic heterocycles. The maximum absolute atomic E-state index is 13.1. The van der Waals surface area contributed by atoms with E-state index in [1.165, 1.54) is 205 Å². The number of carbonyl (C=O) groups excluding carboxylic acids is 4. The Kier molecular flexibility index (Phi) is 67.8. The number of phosphoric acid groups is 2. The summed E-state index contributed by atoms with van der Waals surface area (Å²) in [6.07, 6.45) is 55.5. The number of aliphatic hydroxyl groups is 1. The fourth-order valence-electron chi connectivity index (χ4n) is 12.3. The second kappa shape index (κ2) is 69.1. The Labute approximate surface area is 607 Å². The average molecular weight is 1450 g/mol. The Morgan fingerprint density at radius 1 is 0.253 bits per heavy atom. The highest BCUT2D eigenvalue weighted by atomic mass is 31.2. The summed E-state index contributed by atoms with van der Waals surface area (Å²) >= 11 is 0. The maximum atomic E-state index is 13.1. The molecular formula is C80H156O17P2. The second-order valence-corrected chi connectivity index (χ2v) is 33.6. The summed E-state index contributed by atoms with van der Waals surface area (Å²) in [4.78, 5) is 73.0. The van der Waals surface area contributed by atoms with E-state index in [1.54, 1.807) is 0 Å². The quantitative estimate of drug-likeness (QED) is 0.0222. The topological polar surface area (TPSA) is 237 Å². The fourth-order valence-corrected chi connectivity index (χ4v) is 13.8. The number of carbonyl (C=O) groups is 4. The number of esters is 4. The molecule has 99 heavy (non-hydrogen) atoms. The van der Waals surface area contributed by atoms with E-state index in [-0.39, 0.29) is 25.7 Å². The molecule has 0 fully saturated rings. The lowest BCUT2D eigenvalue weighted by molar-refractivity contribution is -0.161. The van der Waals surface area contributed by atoms with Crippen LogP contribution in [0.25, 0.3) is 0 Å². The van der Waals surface area contributed by atoms with Gasteiger partial charge in [-0.15, -0.1) is 0 Å². The van der Waals surface area contributed by atoms with E-state index in [1.807, 2.05) is 0 Å². The van der Waals surface area contributed by atoms with Gasteiger partial charge in [-0.2, -0.15) is 0 Å². The van der Waals surface area contributed by atoms with E-state index in [2.05, 4.69) is 55.4 Å². The summed E-state index contributed by atoms with van der Waals surface area (Å²) in [5.41, 5.74) is 0. The summed E-state index contributed by atoms with van der Waals surface area (Å²) in [7, 11) is -9.92. The zero-order chi connectivity index (χ0) is 73.1. The van der Waals surface area contributed by atoms with Crippen LogP contribution in [0.4, 0.5) is 0 Å². The molecule has 0 amide bonds. The molecule has 0 saturated heterocycles. The highest BCUT2D eigenvalue weighted by Gasteiger charge is 2.30. The van der Waals surface area contributed by atoms with Crippen molar-refractivity contribution in [2.24, 2.45) is 23.7 Å². The standard InChI is InChI=1S/C80H156O17P2/c1-70(2)56-48-40-32-25-19-13-9-11-15-23-29-37-46-54-62-79(84)96-75(66-90-77(82)60-52-44-36-28-22-18-17-21-27-34-42-50-58-72(5)6)68-94-98(86,87)92-64-74(81)65-93-99(88,89)95-69-76(67-91-78(83)61-53-45-39-31-35-43-51-59-73(7)8)97-80(85)63-55-47-38-30-24-16-12-10-14-20-26-33-41-49-57-71(3)4/h70-76,81H,9-69H2,1-8H3,(H,86,87)(H,88,89)/t74?,75-,76-/m1/s1. The molecule has 0 rings (SSSR count). The minimum Gasteiger partial charge on any atom is -0.462 e. The van der Waals surface area contributed by atoms with Crippen molar-refractivity contribution in [2.75, 3.05) is 39.6 Å². The minimum absolute atomic E-state index is 0.106. The van der Waals surface area contributed by atoms with Crippen LogP contribution in [-0.4, -0.2) is 96.7 Å². The molecular weight excluding hydrogens is 1290 g/mol. The smallest absolute Gasteiger partial charge is 0.462 e. The highest BCUT2D eigenvalue weighted by Crippen LogP contribution is 2.45. The van der Waals surface area contributed by atoms with Crippen molar-refractivity contribution in [1.29, 1.82) is 0 Å². The molecule has 0 heterocycles. The number of rotatable bonds is 77. The van der Waals surface area contributed by atoms with Gasteiger partial charge in [0.15, 0.2) is 12.2 Å². The van der Waals surface area contributed by atoms with Crippen molar-refractivity contribution in [3.8, 4) is 0 Å². The molecule has 3 N–H and O–H groups in total. The van der Waals surface area contributed by atoms with Gasteiger partial charge in [-0.25, -0.2) is 9.13 Å². The molecule has 0 bridgehead atoms. The molecule has 19 heteroatoms. The van der Waals surface area contributed by atoms with Gasteiger partial charge in [-0.3, -0.25) is 37.3 Å². The molecule has 0 aliphatic heterocycles.